The fourth-order valence-electron chi connectivity index (χ4n) is 1.42. The molecule has 102 valence electrons. The van der Waals surface area contributed by atoms with Gasteiger partial charge in [0, 0.05) is 6.20 Å². The van der Waals surface area contributed by atoms with Crippen LogP contribution in [0.5, 0.6) is 0 Å². The largest absolute Gasteiger partial charge is 0.477 e. The Morgan fingerprint density at radius 1 is 1.58 bits per heavy atom. The molecule has 7 nitrogen and oxygen atoms in total. The lowest BCUT2D eigenvalue weighted by Crippen LogP contribution is -2.22. The molecule has 2 aromatic heterocycles. The van der Waals surface area contributed by atoms with Gasteiger partial charge >= 0.3 is 5.97 Å². The maximum atomic E-state index is 12.0. The number of hydrogen-bond acceptors (Lipinski definition) is 5. The molecule has 0 aliphatic carbocycles. The van der Waals surface area contributed by atoms with Crippen molar-refractivity contribution in [1.29, 1.82) is 0 Å². The first-order valence-corrected chi connectivity index (χ1v) is 7.52. The smallest absolute Gasteiger partial charge is 0.346 e. The molecule has 0 saturated heterocycles. The Bertz CT molecular complexity index is 688. The van der Waals surface area contributed by atoms with Crippen LogP contribution in [0, 0.1) is 6.92 Å². The number of H-pyrrole nitrogens is 1. The molecule has 0 radical (unpaired) electrons. The standard InChI is InChI=1S/C10H11N3O4S2/c1-6-4-8(18-9(6)10(14)15)19(16,17)12-5-7-2-3-11-13-7/h2-4,12H,5H2,1H3,(H,11,13)(H,14,15). The molecule has 3 N–H and O–H groups in total. The van der Waals surface area contributed by atoms with Crippen molar-refractivity contribution in [3.05, 3.63) is 34.5 Å². The maximum Gasteiger partial charge on any atom is 0.346 e. The van der Waals surface area contributed by atoms with Gasteiger partial charge < -0.3 is 5.11 Å². The molecule has 0 fully saturated rings. The summed E-state index contributed by atoms with van der Waals surface area (Å²) in [6.07, 6.45) is 1.52. The summed E-state index contributed by atoms with van der Waals surface area (Å²) < 4.78 is 26.3. The predicted molar refractivity (Wildman–Crippen MR) is 68.6 cm³/mol. The Morgan fingerprint density at radius 3 is 2.84 bits per heavy atom. The van der Waals surface area contributed by atoms with Crippen LogP contribution < -0.4 is 4.72 Å². The Balaban J connectivity index is 2.20. The number of aromatic nitrogens is 2. The third-order valence-corrected chi connectivity index (χ3v) is 5.47. The summed E-state index contributed by atoms with van der Waals surface area (Å²) in [4.78, 5) is 10.9. The van der Waals surface area contributed by atoms with Gasteiger partial charge in [-0.25, -0.2) is 17.9 Å². The Hall–Kier alpha value is -1.71. The fraction of sp³-hybridized carbons (Fsp3) is 0.200. The first-order chi connectivity index (χ1) is 8.90. The third-order valence-electron chi connectivity index (χ3n) is 2.37. The molecular weight excluding hydrogens is 290 g/mol. The molecule has 0 aromatic carbocycles. The second kappa shape index (κ2) is 5.11. The highest BCUT2D eigenvalue weighted by atomic mass is 32.2. The molecule has 0 aliphatic heterocycles. The van der Waals surface area contributed by atoms with Crippen LogP contribution in [0.3, 0.4) is 0 Å². The molecule has 2 aromatic rings. The van der Waals surface area contributed by atoms with Crippen LogP contribution in [-0.2, 0) is 16.6 Å². The van der Waals surface area contributed by atoms with Crippen LogP contribution >= 0.6 is 11.3 Å². The number of carboxylic acid groups (broad SMARTS) is 1. The molecule has 9 heteroatoms. The predicted octanol–water partition coefficient (Wildman–Crippen LogP) is 0.956. The summed E-state index contributed by atoms with van der Waals surface area (Å²) >= 11 is 0.736. The molecule has 0 spiro atoms. The van der Waals surface area contributed by atoms with E-state index >= 15 is 0 Å². The number of carboxylic acids is 1. The van der Waals surface area contributed by atoms with Gasteiger partial charge in [0.2, 0.25) is 10.0 Å². The van der Waals surface area contributed by atoms with Crippen molar-refractivity contribution in [2.75, 3.05) is 0 Å². The summed E-state index contributed by atoms with van der Waals surface area (Å²) in [5.41, 5.74) is 1.05. The van der Waals surface area contributed by atoms with Crippen LogP contribution in [0.25, 0.3) is 0 Å². The number of nitrogens with zero attached hydrogens (tertiary/aromatic N) is 1. The highest BCUT2D eigenvalue weighted by Crippen LogP contribution is 2.25. The molecular formula is C10H11N3O4S2. The van der Waals surface area contributed by atoms with Crippen LogP contribution in [-0.4, -0.2) is 29.7 Å². The summed E-state index contributed by atoms with van der Waals surface area (Å²) in [6.45, 7) is 1.63. The highest BCUT2D eigenvalue weighted by Gasteiger charge is 2.21. The number of aromatic carboxylic acids is 1. The SMILES string of the molecule is Cc1cc(S(=O)(=O)NCc2ccn[nH]2)sc1C(=O)O. The van der Waals surface area contributed by atoms with E-state index in [1.807, 2.05) is 0 Å². The van der Waals surface area contributed by atoms with Gasteiger partial charge in [-0.2, -0.15) is 5.10 Å². The van der Waals surface area contributed by atoms with E-state index in [4.69, 9.17) is 5.11 Å². The molecule has 0 amide bonds. The van der Waals surface area contributed by atoms with E-state index in [-0.39, 0.29) is 15.6 Å². The van der Waals surface area contributed by atoms with Crippen molar-refractivity contribution in [1.82, 2.24) is 14.9 Å². The summed E-state index contributed by atoms with van der Waals surface area (Å²) in [7, 11) is -3.71. The van der Waals surface area contributed by atoms with E-state index in [1.165, 1.54) is 12.3 Å². The number of thiophene rings is 1. The average molecular weight is 301 g/mol. The average Bonchev–Trinajstić information content (AvgIpc) is 2.95. The van der Waals surface area contributed by atoms with Gasteiger partial charge in [-0.1, -0.05) is 0 Å². The van der Waals surface area contributed by atoms with Gasteiger partial charge in [0.25, 0.3) is 0 Å². The Kier molecular flexibility index (Phi) is 3.69. The second-order valence-electron chi connectivity index (χ2n) is 3.79. The lowest BCUT2D eigenvalue weighted by Gasteiger charge is -2.02. The number of aryl methyl sites for hydroxylation is 1. The third kappa shape index (κ3) is 3.00. The summed E-state index contributed by atoms with van der Waals surface area (Å²) in [5.74, 6) is -1.13. The number of sulfonamides is 1. The summed E-state index contributed by atoms with van der Waals surface area (Å²) in [5, 5.41) is 15.2. The molecule has 0 saturated carbocycles. The van der Waals surface area contributed by atoms with Crippen molar-refractivity contribution in [2.24, 2.45) is 0 Å². The Labute approximate surface area is 113 Å². The zero-order valence-electron chi connectivity index (χ0n) is 9.87. The minimum absolute atomic E-state index is 0.0121. The quantitative estimate of drug-likeness (QED) is 0.761. The number of hydrogen-bond donors (Lipinski definition) is 3. The minimum Gasteiger partial charge on any atom is -0.477 e. The maximum absolute atomic E-state index is 12.0. The molecule has 0 bridgehead atoms. The molecule has 2 rings (SSSR count). The van der Waals surface area contributed by atoms with Gasteiger partial charge in [0.15, 0.2) is 0 Å². The van der Waals surface area contributed by atoms with Crippen molar-refractivity contribution in [3.8, 4) is 0 Å². The van der Waals surface area contributed by atoms with E-state index in [2.05, 4.69) is 14.9 Å². The molecule has 0 unspecified atom stereocenters. The first kappa shape index (κ1) is 13.7. The van der Waals surface area contributed by atoms with Gasteiger partial charge in [0.1, 0.15) is 9.09 Å². The van der Waals surface area contributed by atoms with E-state index in [0.29, 0.717) is 11.3 Å². The number of nitrogens with one attached hydrogen (secondary N) is 2. The van der Waals surface area contributed by atoms with Crippen LogP contribution in [0.4, 0.5) is 0 Å². The molecule has 2 heterocycles. The minimum atomic E-state index is -3.71. The van der Waals surface area contributed by atoms with Crippen molar-refractivity contribution >= 4 is 27.3 Å². The first-order valence-electron chi connectivity index (χ1n) is 5.22. The van der Waals surface area contributed by atoms with Crippen molar-refractivity contribution in [2.45, 2.75) is 17.7 Å². The van der Waals surface area contributed by atoms with Crippen LogP contribution in [0.15, 0.2) is 22.5 Å². The van der Waals surface area contributed by atoms with Crippen molar-refractivity contribution < 1.29 is 18.3 Å². The van der Waals surface area contributed by atoms with Gasteiger partial charge in [-0.05, 0) is 24.6 Å². The van der Waals surface area contributed by atoms with Gasteiger partial charge in [0.05, 0.1) is 12.2 Å². The van der Waals surface area contributed by atoms with E-state index in [1.54, 1.807) is 13.0 Å². The van der Waals surface area contributed by atoms with Gasteiger partial charge in [-0.3, -0.25) is 5.10 Å². The number of carbonyl (C=O) groups is 1. The van der Waals surface area contributed by atoms with E-state index < -0.39 is 16.0 Å². The van der Waals surface area contributed by atoms with E-state index in [0.717, 1.165) is 11.3 Å². The number of rotatable bonds is 5. The lowest BCUT2D eigenvalue weighted by molar-refractivity contribution is 0.0701. The molecule has 0 atom stereocenters. The topological polar surface area (TPSA) is 112 Å². The zero-order valence-corrected chi connectivity index (χ0v) is 11.5. The zero-order chi connectivity index (χ0) is 14.0. The fourth-order valence-corrected chi connectivity index (χ4v) is 3.85. The lowest BCUT2D eigenvalue weighted by atomic mass is 10.3. The van der Waals surface area contributed by atoms with Crippen LogP contribution in [0.1, 0.15) is 20.9 Å². The van der Waals surface area contributed by atoms with E-state index in [9.17, 15) is 13.2 Å². The summed E-state index contributed by atoms with van der Waals surface area (Å²) in [6, 6.07) is 2.99. The highest BCUT2D eigenvalue weighted by molar-refractivity contribution is 7.91. The monoisotopic (exact) mass is 301 g/mol. The van der Waals surface area contributed by atoms with Gasteiger partial charge in [-0.15, -0.1) is 11.3 Å². The normalized spacial score (nSPS) is 11.6. The second-order valence-corrected chi connectivity index (χ2v) is 6.84. The molecule has 0 aliphatic rings. The molecule has 19 heavy (non-hydrogen) atoms. The Morgan fingerprint density at radius 2 is 2.32 bits per heavy atom. The number of aromatic amines is 1. The van der Waals surface area contributed by atoms with Crippen LogP contribution in [0.2, 0.25) is 0 Å². The van der Waals surface area contributed by atoms with Crippen molar-refractivity contribution in [3.63, 3.8) is 0 Å².